The molecular weight excluding hydrogens is 222 g/mol. The Morgan fingerprint density at radius 1 is 1.57 bits per heavy atom. The normalized spacial score (nSPS) is 10.1. The molecule has 0 aliphatic rings. The summed E-state index contributed by atoms with van der Waals surface area (Å²) in [6.07, 6.45) is 0. The molecule has 0 bridgehead atoms. The van der Waals surface area contributed by atoms with Crippen molar-refractivity contribution >= 4 is 29.1 Å². The fourth-order valence-electron chi connectivity index (χ4n) is 1.06. The Bertz CT molecular complexity index is 344. The molecule has 0 unspecified atom stereocenters. The number of thioether (sulfide) groups is 1. The number of alkyl halides is 1. The van der Waals surface area contributed by atoms with E-state index in [1.54, 1.807) is 23.9 Å². The predicted molar refractivity (Wildman–Crippen MR) is 59.3 cm³/mol. The summed E-state index contributed by atoms with van der Waals surface area (Å²) < 4.78 is 0. The van der Waals surface area contributed by atoms with Gasteiger partial charge < -0.3 is 0 Å². The molecule has 0 saturated carbocycles. The topological polar surface area (TPSA) is 43.1 Å². The van der Waals surface area contributed by atoms with E-state index in [1.165, 1.54) is 6.07 Å². The van der Waals surface area contributed by atoms with Crippen molar-refractivity contribution in [1.82, 2.24) is 0 Å². The Morgan fingerprint density at radius 2 is 2.29 bits per heavy atom. The molecule has 1 aromatic carbocycles. The van der Waals surface area contributed by atoms with Gasteiger partial charge in [0.05, 0.1) is 4.92 Å². The van der Waals surface area contributed by atoms with E-state index in [-0.39, 0.29) is 10.6 Å². The van der Waals surface area contributed by atoms with E-state index in [0.29, 0.717) is 5.88 Å². The molecule has 0 aromatic heterocycles. The van der Waals surface area contributed by atoms with Crippen LogP contribution in [0.2, 0.25) is 0 Å². The lowest BCUT2D eigenvalue weighted by Gasteiger charge is -2.03. The Balaban J connectivity index is 2.84. The van der Waals surface area contributed by atoms with Gasteiger partial charge in [0.1, 0.15) is 0 Å². The van der Waals surface area contributed by atoms with Crippen LogP contribution in [-0.2, 0) is 0 Å². The van der Waals surface area contributed by atoms with Gasteiger partial charge in [-0.1, -0.05) is 0 Å². The van der Waals surface area contributed by atoms with Gasteiger partial charge in [0, 0.05) is 28.7 Å². The van der Waals surface area contributed by atoms with E-state index in [0.717, 1.165) is 16.2 Å². The van der Waals surface area contributed by atoms with Gasteiger partial charge in [0.25, 0.3) is 5.69 Å². The summed E-state index contributed by atoms with van der Waals surface area (Å²) >= 11 is 7.17. The van der Waals surface area contributed by atoms with Crippen LogP contribution in [0.25, 0.3) is 0 Å². The number of hydrogen-bond acceptors (Lipinski definition) is 3. The molecule has 1 aromatic rings. The van der Waals surface area contributed by atoms with Gasteiger partial charge in [0.2, 0.25) is 0 Å². The summed E-state index contributed by atoms with van der Waals surface area (Å²) in [4.78, 5) is 11.1. The van der Waals surface area contributed by atoms with Crippen molar-refractivity contribution in [3.05, 3.63) is 33.9 Å². The molecule has 14 heavy (non-hydrogen) atoms. The van der Waals surface area contributed by atoms with Crippen molar-refractivity contribution in [2.75, 3.05) is 11.6 Å². The Hall–Kier alpha value is -0.740. The van der Waals surface area contributed by atoms with E-state index < -0.39 is 0 Å². The van der Waals surface area contributed by atoms with Gasteiger partial charge in [-0.25, -0.2) is 0 Å². The molecule has 0 fully saturated rings. The summed E-state index contributed by atoms with van der Waals surface area (Å²) in [6.45, 7) is 1.86. The van der Waals surface area contributed by atoms with Crippen molar-refractivity contribution in [2.45, 2.75) is 11.8 Å². The van der Waals surface area contributed by atoms with Crippen LogP contribution in [-0.4, -0.2) is 16.6 Å². The maximum Gasteiger partial charge on any atom is 0.269 e. The second kappa shape index (κ2) is 5.22. The van der Waals surface area contributed by atoms with Gasteiger partial charge in [-0.2, -0.15) is 0 Å². The first-order valence-corrected chi connectivity index (χ1v) is 5.61. The number of aryl methyl sites for hydroxylation is 1. The Kier molecular flexibility index (Phi) is 4.22. The van der Waals surface area contributed by atoms with E-state index in [1.807, 2.05) is 6.92 Å². The molecule has 1 rings (SSSR count). The molecule has 3 nitrogen and oxygen atoms in total. The second-order valence-electron chi connectivity index (χ2n) is 2.74. The number of benzene rings is 1. The fraction of sp³-hybridized carbons (Fsp3) is 0.333. The maximum atomic E-state index is 10.5. The van der Waals surface area contributed by atoms with Gasteiger partial charge in [-0.15, -0.1) is 23.4 Å². The number of rotatable bonds is 4. The third-order valence-electron chi connectivity index (χ3n) is 1.70. The first kappa shape index (κ1) is 11.3. The number of halogens is 1. The molecule has 0 aliphatic heterocycles. The summed E-state index contributed by atoms with van der Waals surface area (Å²) in [5.74, 6) is 1.40. The molecule has 0 amide bonds. The number of non-ortho nitro benzene ring substituents is 1. The van der Waals surface area contributed by atoms with Gasteiger partial charge in [0.15, 0.2) is 0 Å². The quantitative estimate of drug-likeness (QED) is 0.346. The van der Waals surface area contributed by atoms with Gasteiger partial charge in [-0.05, 0) is 18.6 Å². The maximum absolute atomic E-state index is 10.5. The number of hydrogen-bond donors (Lipinski definition) is 0. The summed E-state index contributed by atoms with van der Waals surface area (Å²) in [5, 5.41) is 10.5. The van der Waals surface area contributed by atoms with Crippen LogP contribution in [0.4, 0.5) is 5.69 Å². The van der Waals surface area contributed by atoms with E-state index in [2.05, 4.69) is 0 Å². The standard InChI is InChI=1S/C9H10ClNO2S/c1-7-6-8(11(12)13)2-3-9(7)14-5-4-10/h2-3,6H,4-5H2,1H3. The lowest BCUT2D eigenvalue weighted by molar-refractivity contribution is -0.385. The lowest BCUT2D eigenvalue weighted by atomic mass is 10.2. The highest BCUT2D eigenvalue weighted by molar-refractivity contribution is 7.99. The first-order chi connectivity index (χ1) is 6.65. The minimum atomic E-state index is -0.386. The van der Waals surface area contributed by atoms with Gasteiger partial charge >= 0.3 is 0 Å². The highest BCUT2D eigenvalue weighted by Gasteiger charge is 2.07. The van der Waals surface area contributed by atoms with Crippen LogP contribution in [0, 0.1) is 17.0 Å². The van der Waals surface area contributed by atoms with E-state index in [9.17, 15) is 10.1 Å². The molecule has 0 heterocycles. The summed E-state index contributed by atoms with van der Waals surface area (Å²) in [5.41, 5.74) is 1.06. The highest BCUT2D eigenvalue weighted by Crippen LogP contribution is 2.25. The minimum absolute atomic E-state index is 0.137. The van der Waals surface area contributed by atoms with Crippen LogP contribution >= 0.6 is 23.4 Å². The van der Waals surface area contributed by atoms with E-state index in [4.69, 9.17) is 11.6 Å². The largest absolute Gasteiger partial charge is 0.269 e. The molecule has 0 N–H and O–H groups in total. The lowest BCUT2D eigenvalue weighted by Crippen LogP contribution is -1.90. The van der Waals surface area contributed by atoms with E-state index >= 15 is 0 Å². The van der Waals surface area contributed by atoms with Crippen molar-refractivity contribution < 1.29 is 4.92 Å². The number of nitro benzene ring substituents is 1. The van der Waals surface area contributed by atoms with Crippen LogP contribution in [0.1, 0.15) is 5.56 Å². The fourth-order valence-corrected chi connectivity index (χ4v) is 2.04. The van der Waals surface area contributed by atoms with Crippen molar-refractivity contribution in [3.63, 3.8) is 0 Å². The minimum Gasteiger partial charge on any atom is -0.258 e. The van der Waals surface area contributed by atoms with Crippen LogP contribution in [0.15, 0.2) is 23.1 Å². The average Bonchev–Trinajstić information content (AvgIpc) is 2.15. The molecule has 0 aliphatic carbocycles. The molecule has 0 radical (unpaired) electrons. The monoisotopic (exact) mass is 231 g/mol. The molecule has 76 valence electrons. The Morgan fingerprint density at radius 3 is 2.79 bits per heavy atom. The number of nitrogens with zero attached hydrogens (tertiary/aromatic N) is 1. The summed E-state index contributed by atoms with van der Waals surface area (Å²) in [7, 11) is 0. The molecule has 5 heteroatoms. The predicted octanol–water partition coefficient (Wildman–Crippen LogP) is 3.23. The van der Waals surface area contributed by atoms with Crippen molar-refractivity contribution in [2.24, 2.45) is 0 Å². The van der Waals surface area contributed by atoms with Crippen molar-refractivity contribution in [3.8, 4) is 0 Å². The van der Waals surface area contributed by atoms with Crippen LogP contribution < -0.4 is 0 Å². The Labute approximate surface area is 91.6 Å². The third-order valence-corrected chi connectivity index (χ3v) is 3.29. The zero-order valence-corrected chi connectivity index (χ0v) is 9.27. The van der Waals surface area contributed by atoms with Gasteiger partial charge in [-0.3, -0.25) is 10.1 Å². The van der Waals surface area contributed by atoms with Crippen molar-refractivity contribution in [1.29, 1.82) is 0 Å². The van der Waals surface area contributed by atoms with Crippen LogP contribution in [0.3, 0.4) is 0 Å². The summed E-state index contributed by atoms with van der Waals surface area (Å²) in [6, 6.07) is 4.87. The SMILES string of the molecule is Cc1cc([N+](=O)[O-])ccc1SCCCl. The second-order valence-corrected chi connectivity index (χ2v) is 4.26. The molecule has 0 spiro atoms. The zero-order chi connectivity index (χ0) is 10.6. The molecule has 0 saturated heterocycles. The van der Waals surface area contributed by atoms with Crippen LogP contribution in [0.5, 0.6) is 0 Å². The zero-order valence-electron chi connectivity index (χ0n) is 7.70. The first-order valence-electron chi connectivity index (χ1n) is 4.09. The average molecular weight is 232 g/mol. The molecular formula is C9H10ClNO2S. The highest BCUT2D eigenvalue weighted by atomic mass is 35.5. The third kappa shape index (κ3) is 2.89. The number of nitro groups is 1. The molecule has 0 atom stereocenters. The smallest absolute Gasteiger partial charge is 0.258 e.